The van der Waals surface area contributed by atoms with E-state index >= 15 is 4.39 Å². The lowest BCUT2D eigenvalue weighted by molar-refractivity contribution is 0.0270. The Hall–Kier alpha value is -3.87. The number of H-pyrrole nitrogens is 1. The average Bonchev–Trinajstić information content (AvgIpc) is 3.20. The van der Waals surface area contributed by atoms with Crippen molar-refractivity contribution >= 4 is 33.5 Å². The van der Waals surface area contributed by atoms with Crippen LogP contribution in [0.25, 0.3) is 38.6 Å². The third kappa shape index (κ3) is 4.65. The summed E-state index contributed by atoms with van der Waals surface area (Å²) in [5.41, 5.74) is 5.09. The number of methoxy groups -OCH3 is 1. The molecule has 0 fully saturated rings. The molecule has 0 spiro atoms. The minimum Gasteiger partial charge on any atom is -0.496 e. The molecule has 0 radical (unpaired) electrons. The summed E-state index contributed by atoms with van der Waals surface area (Å²) in [6.45, 7) is 8.41. The standard InChI is InChI=1S/C29H30FN3O3/c1-17-12-20-14-22(27(35-5)16-26(20)31-17)24-7-6-19-13-21(23(30)15-25(19)32-24)18-8-10-33(11-9-18)28(34)36-29(2,3)4/h6-8,12-16,31H,9-11H2,1-5H3. The number of halogens is 1. The number of aromatic nitrogens is 2. The number of hydrogen-bond acceptors (Lipinski definition) is 4. The first kappa shape index (κ1) is 23.9. The molecule has 3 heterocycles. The van der Waals surface area contributed by atoms with Crippen molar-refractivity contribution in [3.63, 3.8) is 0 Å². The average molecular weight is 488 g/mol. The highest BCUT2D eigenvalue weighted by Gasteiger charge is 2.25. The second kappa shape index (κ2) is 8.97. The molecule has 0 bridgehead atoms. The summed E-state index contributed by atoms with van der Waals surface area (Å²) in [4.78, 5) is 22.1. The van der Waals surface area contributed by atoms with Crippen LogP contribution in [0.2, 0.25) is 0 Å². The number of fused-ring (bicyclic) bond motifs is 2. The van der Waals surface area contributed by atoms with Crippen molar-refractivity contribution in [1.29, 1.82) is 0 Å². The molecule has 2 aromatic carbocycles. The van der Waals surface area contributed by atoms with Gasteiger partial charge in [-0.15, -0.1) is 0 Å². The highest BCUT2D eigenvalue weighted by atomic mass is 19.1. The number of pyridine rings is 1. The van der Waals surface area contributed by atoms with E-state index in [2.05, 4.69) is 11.1 Å². The fraction of sp³-hybridized carbons (Fsp3) is 0.310. The van der Waals surface area contributed by atoms with Crippen LogP contribution < -0.4 is 4.74 Å². The molecule has 0 saturated heterocycles. The molecule has 4 aromatic rings. The number of nitrogens with one attached hydrogen (secondary N) is 1. The maximum Gasteiger partial charge on any atom is 0.410 e. The summed E-state index contributed by atoms with van der Waals surface area (Å²) >= 11 is 0. The molecule has 6 nitrogen and oxygen atoms in total. The Balaban J connectivity index is 1.45. The maximum atomic E-state index is 15.3. The number of aromatic amines is 1. The van der Waals surface area contributed by atoms with Gasteiger partial charge in [0.05, 0.1) is 18.3 Å². The second-order valence-electron chi connectivity index (χ2n) is 10.2. The third-order valence-electron chi connectivity index (χ3n) is 6.34. The first-order chi connectivity index (χ1) is 17.1. The third-order valence-corrected chi connectivity index (χ3v) is 6.34. The molecule has 5 rings (SSSR count). The van der Waals surface area contributed by atoms with Gasteiger partial charge >= 0.3 is 6.09 Å². The van der Waals surface area contributed by atoms with Crippen molar-refractivity contribution < 1.29 is 18.7 Å². The van der Waals surface area contributed by atoms with Crippen molar-refractivity contribution in [3.8, 4) is 17.0 Å². The van der Waals surface area contributed by atoms with Crippen molar-refractivity contribution in [3.05, 3.63) is 65.6 Å². The van der Waals surface area contributed by atoms with Crippen molar-refractivity contribution in [2.24, 2.45) is 0 Å². The molecule has 186 valence electrons. The Labute approximate surface area is 209 Å². The smallest absolute Gasteiger partial charge is 0.410 e. The van der Waals surface area contributed by atoms with Gasteiger partial charge in [-0.25, -0.2) is 14.2 Å². The van der Waals surface area contributed by atoms with Crippen LogP contribution in [0.3, 0.4) is 0 Å². The molecule has 0 atom stereocenters. The Bertz CT molecular complexity index is 1510. The van der Waals surface area contributed by atoms with E-state index in [1.807, 2.05) is 64.1 Å². The largest absolute Gasteiger partial charge is 0.496 e. The maximum absolute atomic E-state index is 15.3. The predicted octanol–water partition coefficient (Wildman–Crippen LogP) is 6.86. The van der Waals surface area contributed by atoms with Crippen LogP contribution in [0.15, 0.2) is 48.5 Å². The molecule has 1 aliphatic heterocycles. The van der Waals surface area contributed by atoms with Crippen LogP contribution in [-0.2, 0) is 4.74 Å². The SMILES string of the molecule is COc1cc2[nH]c(C)cc2cc1-c1ccc2cc(C3=CCN(C(=O)OC(C)(C)C)CC3)c(F)cc2n1. The number of amides is 1. The fourth-order valence-electron chi connectivity index (χ4n) is 4.62. The summed E-state index contributed by atoms with van der Waals surface area (Å²) in [5.74, 6) is 0.378. The molecular formula is C29H30FN3O3. The van der Waals surface area contributed by atoms with Gasteiger partial charge in [0.15, 0.2) is 0 Å². The Morgan fingerprint density at radius 2 is 1.86 bits per heavy atom. The van der Waals surface area contributed by atoms with E-state index in [1.54, 1.807) is 12.0 Å². The molecule has 0 unspecified atom stereocenters. The summed E-state index contributed by atoms with van der Waals surface area (Å²) in [7, 11) is 1.63. The Morgan fingerprint density at radius 1 is 1.08 bits per heavy atom. The van der Waals surface area contributed by atoms with Gasteiger partial charge in [-0.05, 0) is 64.0 Å². The zero-order chi connectivity index (χ0) is 25.6. The predicted molar refractivity (Wildman–Crippen MR) is 141 cm³/mol. The number of ether oxygens (including phenoxy) is 2. The van der Waals surface area contributed by atoms with Gasteiger partial charge in [0.25, 0.3) is 0 Å². The van der Waals surface area contributed by atoms with Crippen molar-refractivity contribution in [1.82, 2.24) is 14.9 Å². The number of rotatable bonds is 3. The number of carbonyl (C=O) groups excluding carboxylic acids is 1. The van der Waals surface area contributed by atoms with E-state index in [0.717, 1.165) is 38.8 Å². The summed E-state index contributed by atoms with van der Waals surface area (Å²) in [6, 6.07) is 13.3. The lowest BCUT2D eigenvalue weighted by atomic mass is 9.97. The highest BCUT2D eigenvalue weighted by molar-refractivity contribution is 5.91. The van der Waals surface area contributed by atoms with Gasteiger partial charge < -0.3 is 19.4 Å². The molecule has 0 aliphatic carbocycles. The summed E-state index contributed by atoms with van der Waals surface area (Å²) in [5, 5.41) is 1.92. The number of nitrogens with zero attached hydrogens (tertiary/aromatic N) is 2. The van der Waals surface area contributed by atoms with Crippen LogP contribution in [0, 0.1) is 12.7 Å². The highest BCUT2D eigenvalue weighted by Crippen LogP contribution is 2.35. The topological polar surface area (TPSA) is 67.5 Å². The van der Waals surface area contributed by atoms with Crippen LogP contribution in [-0.4, -0.2) is 46.8 Å². The molecule has 1 aliphatic rings. The Morgan fingerprint density at radius 3 is 2.56 bits per heavy atom. The van der Waals surface area contributed by atoms with Gasteiger partial charge in [0.1, 0.15) is 17.2 Å². The van der Waals surface area contributed by atoms with Gasteiger partial charge in [-0.3, -0.25) is 0 Å². The van der Waals surface area contributed by atoms with Gasteiger partial charge in [-0.2, -0.15) is 0 Å². The van der Waals surface area contributed by atoms with E-state index in [1.165, 1.54) is 6.07 Å². The molecule has 0 saturated carbocycles. The zero-order valence-electron chi connectivity index (χ0n) is 21.2. The molecule has 7 heteroatoms. The van der Waals surface area contributed by atoms with E-state index < -0.39 is 5.60 Å². The number of carbonyl (C=O) groups is 1. The monoisotopic (exact) mass is 487 g/mol. The molecule has 1 amide bonds. The number of benzene rings is 2. The van der Waals surface area contributed by atoms with Crippen LogP contribution in [0.4, 0.5) is 9.18 Å². The van der Waals surface area contributed by atoms with E-state index in [9.17, 15) is 4.79 Å². The molecule has 2 aromatic heterocycles. The van der Waals surface area contributed by atoms with E-state index in [-0.39, 0.29) is 11.9 Å². The second-order valence-corrected chi connectivity index (χ2v) is 10.2. The molecule has 36 heavy (non-hydrogen) atoms. The van der Waals surface area contributed by atoms with Crippen LogP contribution >= 0.6 is 0 Å². The minimum absolute atomic E-state index is 0.326. The van der Waals surface area contributed by atoms with Gasteiger partial charge in [0, 0.05) is 58.3 Å². The van der Waals surface area contributed by atoms with Gasteiger partial charge in [-0.1, -0.05) is 12.1 Å². The first-order valence-electron chi connectivity index (χ1n) is 12.1. The zero-order valence-corrected chi connectivity index (χ0v) is 21.2. The van der Waals surface area contributed by atoms with Crippen molar-refractivity contribution in [2.75, 3.05) is 20.2 Å². The van der Waals surface area contributed by atoms with E-state index in [4.69, 9.17) is 14.5 Å². The molecule has 1 N–H and O–H groups in total. The number of hydrogen-bond donors (Lipinski definition) is 1. The quantitative estimate of drug-likeness (QED) is 0.343. The van der Waals surface area contributed by atoms with E-state index in [0.29, 0.717) is 36.3 Å². The first-order valence-corrected chi connectivity index (χ1v) is 12.1. The summed E-state index contributed by atoms with van der Waals surface area (Å²) < 4.78 is 26.3. The van der Waals surface area contributed by atoms with Crippen LogP contribution in [0.1, 0.15) is 38.4 Å². The number of aryl methyl sites for hydroxylation is 1. The Kier molecular flexibility index (Phi) is 5.94. The summed E-state index contributed by atoms with van der Waals surface area (Å²) in [6.07, 6.45) is 2.11. The lowest BCUT2D eigenvalue weighted by Gasteiger charge is -2.29. The van der Waals surface area contributed by atoms with Crippen LogP contribution in [0.5, 0.6) is 5.75 Å². The lowest BCUT2D eigenvalue weighted by Crippen LogP contribution is -2.39. The van der Waals surface area contributed by atoms with Crippen molar-refractivity contribution in [2.45, 2.75) is 39.7 Å². The minimum atomic E-state index is -0.548. The van der Waals surface area contributed by atoms with Gasteiger partial charge in [0.2, 0.25) is 0 Å². The molecular weight excluding hydrogens is 457 g/mol. The fourth-order valence-corrected chi connectivity index (χ4v) is 4.62. The normalized spacial score (nSPS) is 14.3.